The van der Waals surface area contributed by atoms with Crippen molar-refractivity contribution in [1.82, 2.24) is 0 Å². The highest BCUT2D eigenvalue weighted by Gasteiger charge is 2.29. The fraction of sp³-hybridized carbons (Fsp3) is 0.385. The molecule has 0 bridgehead atoms. The van der Waals surface area contributed by atoms with E-state index < -0.39 is 0 Å². The molecule has 0 radical (unpaired) electrons. The normalized spacial score (nSPS) is 17.3. The minimum atomic E-state index is -0.0326. The Morgan fingerprint density at radius 3 is 3.00 bits per heavy atom. The van der Waals surface area contributed by atoms with E-state index in [0.717, 1.165) is 18.6 Å². The summed E-state index contributed by atoms with van der Waals surface area (Å²) in [7, 11) is 0. The predicted molar refractivity (Wildman–Crippen MR) is 58.8 cm³/mol. The van der Waals surface area contributed by atoms with Gasteiger partial charge in [-0.25, -0.2) is 0 Å². The largest absolute Gasteiger partial charge is 0.487 e. The summed E-state index contributed by atoms with van der Waals surface area (Å²) in [5.74, 6) is 1.04. The second kappa shape index (κ2) is 3.16. The minimum absolute atomic E-state index is 0.0326. The number of ether oxygens (including phenoxy) is 1. The van der Waals surface area contributed by atoms with Crippen LogP contribution in [0.4, 0.5) is 0 Å². The van der Waals surface area contributed by atoms with Crippen molar-refractivity contribution in [2.24, 2.45) is 0 Å². The molecule has 0 aromatic heterocycles. The third-order valence-electron chi connectivity index (χ3n) is 2.51. The predicted octanol–water partition coefficient (Wildman–Crippen LogP) is 3.13. The van der Waals surface area contributed by atoms with Crippen LogP contribution in [-0.4, -0.2) is 5.60 Å². The van der Waals surface area contributed by atoms with E-state index in [0.29, 0.717) is 0 Å². The van der Waals surface area contributed by atoms with Crippen molar-refractivity contribution in [2.45, 2.75) is 32.3 Å². The molecule has 0 saturated heterocycles. The Balaban J connectivity index is 2.30. The zero-order valence-electron chi connectivity index (χ0n) is 8.84. The van der Waals surface area contributed by atoms with Crippen molar-refractivity contribution in [3.8, 4) is 5.75 Å². The highest BCUT2D eigenvalue weighted by atomic mass is 16.5. The van der Waals surface area contributed by atoms with Crippen LogP contribution < -0.4 is 4.74 Å². The molecule has 0 fully saturated rings. The van der Waals surface area contributed by atoms with Crippen LogP contribution in [0.15, 0.2) is 30.9 Å². The second-order valence-corrected chi connectivity index (χ2v) is 4.47. The van der Waals surface area contributed by atoms with E-state index in [1.54, 1.807) is 0 Å². The molecule has 0 saturated carbocycles. The molecule has 0 aliphatic carbocycles. The van der Waals surface area contributed by atoms with Gasteiger partial charge in [0.15, 0.2) is 0 Å². The molecule has 1 aliphatic heterocycles. The van der Waals surface area contributed by atoms with Crippen LogP contribution in [0, 0.1) is 0 Å². The van der Waals surface area contributed by atoms with E-state index in [2.05, 4.69) is 38.6 Å². The number of allylic oxidation sites excluding steroid dienone is 1. The van der Waals surface area contributed by atoms with Gasteiger partial charge in [0, 0.05) is 6.42 Å². The van der Waals surface area contributed by atoms with Gasteiger partial charge in [-0.2, -0.15) is 0 Å². The lowest BCUT2D eigenvalue weighted by Gasteiger charge is -2.16. The monoisotopic (exact) mass is 188 g/mol. The molecule has 1 aromatic carbocycles. The SMILES string of the molecule is C=CCc1ccc2c(c1)CC(C)(C)O2. The van der Waals surface area contributed by atoms with Gasteiger partial charge in [-0.15, -0.1) is 6.58 Å². The molecule has 1 aromatic rings. The van der Waals surface area contributed by atoms with Crippen molar-refractivity contribution < 1.29 is 4.74 Å². The van der Waals surface area contributed by atoms with Gasteiger partial charge in [0.2, 0.25) is 0 Å². The van der Waals surface area contributed by atoms with Gasteiger partial charge >= 0.3 is 0 Å². The second-order valence-electron chi connectivity index (χ2n) is 4.47. The molecule has 0 N–H and O–H groups in total. The Hall–Kier alpha value is -1.24. The third kappa shape index (κ3) is 1.67. The van der Waals surface area contributed by atoms with Gasteiger partial charge < -0.3 is 4.74 Å². The molecule has 2 rings (SSSR count). The smallest absolute Gasteiger partial charge is 0.123 e. The number of hydrogen-bond donors (Lipinski definition) is 0. The van der Waals surface area contributed by atoms with Crippen LogP contribution in [0.3, 0.4) is 0 Å². The van der Waals surface area contributed by atoms with E-state index in [4.69, 9.17) is 4.74 Å². The average Bonchev–Trinajstić information content (AvgIpc) is 2.38. The molecule has 74 valence electrons. The fourth-order valence-corrected chi connectivity index (χ4v) is 1.96. The van der Waals surface area contributed by atoms with Crippen molar-refractivity contribution in [3.05, 3.63) is 42.0 Å². The zero-order chi connectivity index (χ0) is 10.2. The summed E-state index contributed by atoms with van der Waals surface area (Å²) in [6, 6.07) is 6.41. The third-order valence-corrected chi connectivity index (χ3v) is 2.51. The standard InChI is InChI=1S/C13H16O/c1-4-5-10-6-7-12-11(8-10)9-13(2,3)14-12/h4,6-8H,1,5,9H2,2-3H3. The highest BCUT2D eigenvalue weighted by Crippen LogP contribution is 2.35. The van der Waals surface area contributed by atoms with Crippen LogP contribution in [0.1, 0.15) is 25.0 Å². The quantitative estimate of drug-likeness (QED) is 0.648. The summed E-state index contributed by atoms with van der Waals surface area (Å²) in [5, 5.41) is 0. The Bertz CT molecular complexity index is 363. The van der Waals surface area contributed by atoms with Crippen LogP contribution in [0.5, 0.6) is 5.75 Å². The first-order valence-corrected chi connectivity index (χ1v) is 5.02. The number of fused-ring (bicyclic) bond motifs is 1. The number of rotatable bonds is 2. The Labute approximate surface area is 85.4 Å². The fourth-order valence-electron chi connectivity index (χ4n) is 1.96. The number of benzene rings is 1. The average molecular weight is 188 g/mol. The summed E-state index contributed by atoms with van der Waals surface area (Å²) in [4.78, 5) is 0. The molecule has 1 nitrogen and oxygen atoms in total. The first-order valence-electron chi connectivity index (χ1n) is 5.02. The minimum Gasteiger partial charge on any atom is -0.487 e. The molecular formula is C13H16O. The van der Waals surface area contributed by atoms with E-state index in [-0.39, 0.29) is 5.60 Å². The molecular weight excluding hydrogens is 172 g/mol. The maximum absolute atomic E-state index is 5.80. The summed E-state index contributed by atoms with van der Waals surface area (Å²) in [6.07, 6.45) is 3.88. The van der Waals surface area contributed by atoms with Crippen LogP contribution >= 0.6 is 0 Å². The van der Waals surface area contributed by atoms with Gasteiger partial charge in [0.1, 0.15) is 11.4 Å². The number of hydrogen-bond acceptors (Lipinski definition) is 1. The lowest BCUT2D eigenvalue weighted by molar-refractivity contribution is 0.138. The summed E-state index contributed by atoms with van der Waals surface area (Å²) in [5.41, 5.74) is 2.61. The first kappa shape index (κ1) is 9.32. The van der Waals surface area contributed by atoms with Gasteiger partial charge in [-0.1, -0.05) is 18.2 Å². The van der Waals surface area contributed by atoms with E-state index >= 15 is 0 Å². The summed E-state index contributed by atoms with van der Waals surface area (Å²) >= 11 is 0. The molecule has 0 amide bonds. The molecule has 14 heavy (non-hydrogen) atoms. The topological polar surface area (TPSA) is 9.23 Å². The maximum Gasteiger partial charge on any atom is 0.123 e. The van der Waals surface area contributed by atoms with Crippen LogP contribution in [0.2, 0.25) is 0 Å². The van der Waals surface area contributed by atoms with E-state index in [1.807, 2.05) is 6.08 Å². The first-order chi connectivity index (χ1) is 6.61. The zero-order valence-corrected chi connectivity index (χ0v) is 8.84. The molecule has 1 aliphatic rings. The van der Waals surface area contributed by atoms with Crippen molar-refractivity contribution in [1.29, 1.82) is 0 Å². The van der Waals surface area contributed by atoms with E-state index in [9.17, 15) is 0 Å². The molecule has 1 heterocycles. The Morgan fingerprint density at radius 1 is 1.50 bits per heavy atom. The molecule has 0 spiro atoms. The highest BCUT2D eigenvalue weighted by molar-refractivity contribution is 5.42. The molecule has 0 atom stereocenters. The van der Waals surface area contributed by atoms with Crippen LogP contribution in [-0.2, 0) is 12.8 Å². The Morgan fingerprint density at radius 2 is 2.29 bits per heavy atom. The van der Waals surface area contributed by atoms with Crippen molar-refractivity contribution >= 4 is 0 Å². The summed E-state index contributed by atoms with van der Waals surface area (Å²) in [6.45, 7) is 8.00. The van der Waals surface area contributed by atoms with Gasteiger partial charge in [0.25, 0.3) is 0 Å². The van der Waals surface area contributed by atoms with Crippen LogP contribution in [0.25, 0.3) is 0 Å². The molecule has 1 heteroatoms. The maximum atomic E-state index is 5.80. The Kier molecular flexibility index (Phi) is 2.10. The van der Waals surface area contributed by atoms with Gasteiger partial charge in [-0.05, 0) is 37.5 Å². The van der Waals surface area contributed by atoms with E-state index in [1.165, 1.54) is 11.1 Å². The lowest BCUT2D eigenvalue weighted by atomic mass is 9.99. The van der Waals surface area contributed by atoms with Crippen molar-refractivity contribution in [2.75, 3.05) is 0 Å². The van der Waals surface area contributed by atoms with Gasteiger partial charge in [0.05, 0.1) is 0 Å². The van der Waals surface area contributed by atoms with Gasteiger partial charge in [-0.3, -0.25) is 0 Å². The van der Waals surface area contributed by atoms with Crippen molar-refractivity contribution in [3.63, 3.8) is 0 Å². The lowest BCUT2D eigenvalue weighted by Crippen LogP contribution is -2.24. The molecule has 0 unspecified atom stereocenters. The summed E-state index contributed by atoms with van der Waals surface area (Å²) < 4.78 is 5.80.